The molecule has 0 N–H and O–H groups in total. The van der Waals surface area contributed by atoms with E-state index in [2.05, 4.69) is 0 Å². The average Bonchev–Trinajstić information content (AvgIpc) is 2.52. The van der Waals surface area contributed by atoms with Crippen LogP contribution in [-0.4, -0.2) is 18.9 Å². The van der Waals surface area contributed by atoms with Gasteiger partial charge in [0.15, 0.2) is 0 Å². The summed E-state index contributed by atoms with van der Waals surface area (Å²) in [7, 11) is 0. The standard InChI is InChI=1S/C9H10O3/c1-2-12-9(11)8-4-3-7(5-8)6-10/h3-6,8H,2H2,1H3. The van der Waals surface area contributed by atoms with Crippen molar-refractivity contribution in [2.24, 2.45) is 5.92 Å². The smallest absolute Gasteiger partial charge is 0.316 e. The van der Waals surface area contributed by atoms with Crippen LogP contribution in [0.15, 0.2) is 23.8 Å². The van der Waals surface area contributed by atoms with Crippen molar-refractivity contribution in [3.05, 3.63) is 23.8 Å². The molecule has 1 aliphatic rings. The molecule has 0 aromatic carbocycles. The lowest BCUT2D eigenvalue weighted by atomic mass is 10.2. The van der Waals surface area contributed by atoms with Crippen molar-refractivity contribution in [3.8, 4) is 0 Å². The topological polar surface area (TPSA) is 43.4 Å². The Morgan fingerprint density at radius 2 is 2.50 bits per heavy atom. The largest absolute Gasteiger partial charge is 0.465 e. The van der Waals surface area contributed by atoms with Crippen LogP contribution in [0.4, 0.5) is 0 Å². The van der Waals surface area contributed by atoms with Crippen LogP contribution in [0.5, 0.6) is 0 Å². The van der Waals surface area contributed by atoms with Gasteiger partial charge in [-0.05, 0) is 6.92 Å². The molecule has 64 valence electrons. The van der Waals surface area contributed by atoms with E-state index in [1.807, 2.05) is 0 Å². The van der Waals surface area contributed by atoms with E-state index in [-0.39, 0.29) is 11.9 Å². The van der Waals surface area contributed by atoms with Crippen molar-refractivity contribution in [3.63, 3.8) is 0 Å². The van der Waals surface area contributed by atoms with Crippen molar-refractivity contribution in [2.75, 3.05) is 6.61 Å². The van der Waals surface area contributed by atoms with E-state index < -0.39 is 0 Å². The summed E-state index contributed by atoms with van der Waals surface area (Å²) >= 11 is 0. The number of carbonyl (C=O) groups excluding carboxylic acids is 2. The molecule has 0 bridgehead atoms. The second kappa shape index (κ2) is 3.85. The SMILES string of the molecule is CCOC(=O)C1C=CC(C=O)=C1. The van der Waals surface area contributed by atoms with Crippen LogP contribution in [-0.2, 0) is 14.3 Å². The van der Waals surface area contributed by atoms with E-state index in [9.17, 15) is 9.59 Å². The molecule has 0 spiro atoms. The van der Waals surface area contributed by atoms with E-state index in [1.54, 1.807) is 25.2 Å². The number of esters is 1. The molecule has 0 aliphatic heterocycles. The maximum Gasteiger partial charge on any atom is 0.316 e. The summed E-state index contributed by atoms with van der Waals surface area (Å²) in [5.41, 5.74) is 0.535. The fourth-order valence-corrected chi connectivity index (χ4v) is 0.997. The summed E-state index contributed by atoms with van der Waals surface area (Å²) in [6, 6.07) is 0. The van der Waals surface area contributed by atoms with Crippen molar-refractivity contribution in [1.82, 2.24) is 0 Å². The van der Waals surface area contributed by atoms with Crippen molar-refractivity contribution >= 4 is 12.3 Å². The molecule has 3 nitrogen and oxygen atoms in total. The van der Waals surface area contributed by atoms with Crippen LogP contribution >= 0.6 is 0 Å². The summed E-state index contributed by atoms with van der Waals surface area (Å²) < 4.78 is 4.77. The Morgan fingerprint density at radius 3 is 3.00 bits per heavy atom. The molecule has 0 amide bonds. The number of rotatable bonds is 3. The van der Waals surface area contributed by atoms with Crippen LogP contribution in [0.25, 0.3) is 0 Å². The van der Waals surface area contributed by atoms with E-state index in [4.69, 9.17) is 4.74 Å². The van der Waals surface area contributed by atoms with Crippen molar-refractivity contribution in [2.45, 2.75) is 6.92 Å². The monoisotopic (exact) mass is 166 g/mol. The van der Waals surface area contributed by atoms with E-state index in [0.29, 0.717) is 12.2 Å². The summed E-state index contributed by atoms with van der Waals surface area (Å²) in [6.07, 6.45) is 5.58. The summed E-state index contributed by atoms with van der Waals surface area (Å²) in [6.45, 7) is 2.12. The quantitative estimate of drug-likeness (QED) is 0.461. The third-order valence-corrected chi connectivity index (χ3v) is 1.56. The molecular formula is C9H10O3. The Morgan fingerprint density at radius 1 is 1.75 bits per heavy atom. The zero-order valence-corrected chi connectivity index (χ0v) is 6.82. The molecule has 3 heteroatoms. The van der Waals surface area contributed by atoms with Gasteiger partial charge in [0.2, 0.25) is 0 Å². The minimum absolute atomic E-state index is 0.300. The average molecular weight is 166 g/mol. The van der Waals surface area contributed by atoms with Crippen LogP contribution in [0.3, 0.4) is 0 Å². The molecule has 1 unspecified atom stereocenters. The minimum atomic E-state index is -0.370. The predicted octanol–water partition coefficient (Wildman–Crippen LogP) is 0.861. The van der Waals surface area contributed by atoms with Gasteiger partial charge in [-0.3, -0.25) is 9.59 Å². The van der Waals surface area contributed by atoms with E-state index >= 15 is 0 Å². The summed E-state index contributed by atoms with van der Waals surface area (Å²) in [4.78, 5) is 21.3. The zero-order chi connectivity index (χ0) is 8.97. The second-order valence-electron chi connectivity index (χ2n) is 2.42. The fourth-order valence-electron chi connectivity index (χ4n) is 0.997. The zero-order valence-electron chi connectivity index (χ0n) is 6.82. The first kappa shape index (κ1) is 8.71. The third kappa shape index (κ3) is 1.81. The van der Waals surface area contributed by atoms with Crippen molar-refractivity contribution in [1.29, 1.82) is 0 Å². The summed E-state index contributed by atoms with van der Waals surface area (Å²) in [5, 5.41) is 0. The molecule has 0 radical (unpaired) electrons. The van der Waals surface area contributed by atoms with Gasteiger partial charge < -0.3 is 4.74 Å². The molecule has 1 rings (SSSR count). The number of aldehydes is 1. The van der Waals surface area contributed by atoms with Gasteiger partial charge in [-0.2, -0.15) is 0 Å². The van der Waals surface area contributed by atoms with E-state index in [1.165, 1.54) is 0 Å². The highest BCUT2D eigenvalue weighted by atomic mass is 16.5. The third-order valence-electron chi connectivity index (χ3n) is 1.56. The highest BCUT2D eigenvalue weighted by molar-refractivity contribution is 5.85. The fraction of sp³-hybridized carbons (Fsp3) is 0.333. The molecule has 1 atom stereocenters. The van der Waals surface area contributed by atoms with Gasteiger partial charge in [-0.1, -0.05) is 18.2 Å². The minimum Gasteiger partial charge on any atom is -0.465 e. The first-order valence-corrected chi connectivity index (χ1v) is 3.79. The number of allylic oxidation sites excluding steroid dienone is 2. The number of ether oxygens (including phenoxy) is 1. The van der Waals surface area contributed by atoms with Crippen LogP contribution < -0.4 is 0 Å². The number of hydrogen-bond donors (Lipinski definition) is 0. The van der Waals surface area contributed by atoms with Crippen LogP contribution in [0, 0.1) is 5.92 Å². The van der Waals surface area contributed by atoms with Gasteiger partial charge in [-0.25, -0.2) is 0 Å². The maximum absolute atomic E-state index is 11.1. The lowest BCUT2D eigenvalue weighted by Crippen LogP contribution is -2.12. The first-order chi connectivity index (χ1) is 5.77. The first-order valence-electron chi connectivity index (χ1n) is 3.79. The lowest BCUT2D eigenvalue weighted by Gasteiger charge is -2.03. The Balaban J connectivity index is 2.57. The molecule has 0 aromatic rings. The highest BCUT2D eigenvalue weighted by Crippen LogP contribution is 2.15. The predicted molar refractivity (Wildman–Crippen MR) is 43.4 cm³/mol. The van der Waals surface area contributed by atoms with Gasteiger partial charge in [0, 0.05) is 5.57 Å². The van der Waals surface area contributed by atoms with Gasteiger partial charge in [0.25, 0.3) is 0 Å². The highest BCUT2D eigenvalue weighted by Gasteiger charge is 2.17. The molecule has 0 heterocycles. The molecule has 12 heavy (non-hydrogen) atoms. The molecule has 0 aromatic heterocycles. The van der Waals surface area contributed by atoms with Gasteiger partial charge in [-0.15, -0.1) is 0 Å². The number of carbonyl (C=O) groups is 2. The Kier molecular flexibility index (Phi) is 2.80. The lowest BCUT2D eigenvalue weighted by molar-refractivity contribution is -0.144. The molecule has 0 saturated heterocycles. The van der Waals surface area contributed by atoms with Crippen LogP contribution in [0.1, 0.15) is 6.92 Å². The Hall–Kier alpha value is -1.38. The van der Waals surface area contributed by atoms with Crippen molar-refractivity contribution < 1.29 is 14.3 Å². The van der Waals surface area contributed by atoms with Gasteiger partial charge >= 0.3 is 5.97 Å². The molecule has 0 saturated carbocycles. The van der Waals surface area contributed by atoms with Crippen LogP contribution in [0.2, 0.25) is 0 Å². The summed E-state index contributed by atoms with van der Waals surface area (Å²) in [5.74, 6) is -0.671. The second-order valence-corrected chi connectivity index (χ2v) is 2.42. The number of hydrogen-bond acceptors (Lipinski definition) is 3. The maximum atomic E-state index is 11.1. The van der Waals surface area contributed by atoms with Gasteiger partial charge in [0.1, 0.15) is 6.29 Å². The molecule has 0 fully saturated rings. The Labute approximate surface area is 70.7 Å². The molecular weight excluding hydrogens is 156 g/mol. The van der Waals surface area contributed by atoms with Gasteiger partial charge in [0.05, 0.1) is 12.5 Å². The Bertz CT molecular complexity index is 250. The molecule has 1 aliphatic carbocycles. The normalized spacial score (nSPS) is 20.4. The van der Waals surface area contributed by atoms with E-state index in [0.717, 1.165) is 6.29 Å².